The molecular weight excluding hydrogens is 330 g/mol. The van der Waals surface area contributed by atoms with E-state index >= 15 is 0 Å². The first-order valence-electron chi connectivity index (χ1n) is 8.83. The number of rotatable bonds is 2. The maximum absolute atomic E-state index is 12.7. The Labute approximate surface area is 150 Å². The van der Waals surface area contributed by atoms with Crippen molar-refractivity contribution in [2.45, 2.75) is 26.2 Å². The molecule has 0 bridgehead atoms. The largest absolute Gasteiger partial charge is 0.338 e. The molecule has 0 spiro atoms. The third-order valence-corrected chi connectivity index (χ3v) is 4.85. The van der Waals surface area contributed by atoms with Crippen LogP contribution in [0.4, 0.5) is 4.79 Å². The van der Waals surface area contributed by atoms with E-state index in [1.54, 1.807) is 18.1 Å². The molecule has 0 aliphatic carbocycles. The van der Waals surface area contributed by atoms with E-state index in [1.807, 2.05) is 25.1 Å². The zero-order valence-electron chi connectivity index (χ0n) is 15.0. The van der Waals surface area contributed by atoms with Gasteiger partial charge in [0, 0.05) is 26.6 Å². The lowest BCUT2D eigenvalue weighted by Crippen LogP contribution is -2.38. The van der Waals surface area contributed by atoms with Crippen LogP contribution in [0, 0.1) is 6.92 Å². The van der Waals surface area contributed by atoms with E-state index < -0.39 is 0 Å². The van der Waals surface area contributed by atoms with Crippen molar-refractivity contribution in [3.05, 3.63) is 57.9 Å². The van der Waals surface area contributed by atoms with Crippen molar-refractivity contribution in [3.8, 4) is 0 Å². The van der Waals surface area contributed by atoms with Crippen LogP contribution in [0.25, 0.3) is 11.2 Å². The number of likely N-dealkylation sites (tertiary alicyclic amines) is 1. The minimum atomic E-state index is -0.376. The summed E-state index contributed by atoms with van der Waals surface area (Å²) in [6.45, 7) is 3.42. The molecule has 1 aliphatic heterocycles. The lowest BCUT2D eigenvalue weighted by Gasteiger charge is -2.14. The van der Waals surface area contributed by atoms with Gasteiger partial charge in [-0.1, -0.05) is 29.8 Å². The second kappa shape index (κ2) is 6.40. The molecule has 26 heavy (non-hydrogen) atoms. The number of hydrogen-bond donors (Lipinski definition) is 0. The van der Waals surface area contributed by atoms with Crippen molar-refractivity contribution in [2.24, 2.45) is 7.05 Å². The van der Waals surface area contributed by atoms with Gasteiger partial charge in [0.1, 0.15) is 11.3 Å². The van der Waals surface area contributed by atoms with Gasteiger partial charge in [-0.05, 0) is 25.3 Å². The van der Waals surface area contributed by atoms with Crippen LogP contribution in [0.15, 0.2) is 35.3 Å². The van der Waals surface area contributed by atoms with Crippen molar-refractivity contribution in [1.29, 1.82) is 0 Å². The molecule has 1 fully saturated rings. The highest BCUT2D eigenvalue weighted by Crippen LogP contribution is 2.15. The molecule has 7 nitrogen and oxygen atoms in total. The van der Waals surface area contributed by atoms with Crippen LogP contribution in [0.2, 0.25) is 0 Å². The maximum atomic E-state index is 12.7. The Bertz CT molecular complexity index is 1040. The number of aryl methyl sites for hydroxylation is 2. The summed E-state index contributed by atoms with van der Waals surface area (Å²) in [5, 5.41) is 0. The van der Waals surface area contributed by atoms with E-state index in [4.69, 9.17) is 0 Å². The minimum absolute atomic E-state index is 0.284. The van der Waals surface area contributed by atoms with Crippen LogP contribution >= 0.6 is 0 Å². The van der Waals surface area contributed by atoms with E-state index in [1.165, 1.54) is 14.7 Å². The first-order chi connectivity index (χ1) is 12.5. The van der Waals surface area contributed by atoms with E-state index in [-0.39, 0.29) is 11.7 Å². The number of nitrogens with zero attached hydrogens (tertiary/aromatic N) is 5. The number of carbonyl (C=O) groups is 1. The van der Waals surface area contributed by atoms with Gasteiger partial charge in [-0.2, -0.15) is 0 Å². The Balaban J connectivity index is 1.74. The number of amides is 1. The monoisotopic (exact) mass is 351 g/mol. The summed E-state index contributed by atoms with van der Waals surface area (Å²) in [6.07, 6.45) is 4.12. The summed E-state index contributed by atoms with van der Waals surface area (Å²) in [7, 11) is 1.64. The average Bonchev–Trinajstić information content (AvgIpc) is 3.23. The van der Waals surface area contributed by atoms with Gasteiger partial charge in [0.05, 0.1) is 6.20 Å². The predicted molar refractivity (Wildman–Crippen MR) is 98.4 cm³/mol. The van der Waals surface area contributed by atoms with Crippen molar-refractivity contribution in [1.82, 2.24) is 24.0 Å². The highest BCUT2D eigenvalue weighted by molar-refractivity contribution is 5.87. The van der Waals surface area contributed by atoms with Crippen LogP contribution in [0.5, 0.6) is 0 Å². The van der Waals surface area contributed by atoms with Crippen LogP contribution in [-0.2, 0) is 13.5 Å². The molecule has 1 amide bonds. The molecule has 134 valence electrons. The number of aromatic nitrogens is 4. The Hall–Kier alpha value is -2.96. The molecule has 1 aromatic carbocycles. The Morgan fingerprint density at radius 1 is 1.23 bits per heavy atom. The van der Waals surface area contributed by atoms with Crippen molar-refractivity contribution >= 4 is 17.2 Å². The lowest BCUT2D eigenvalue weighted by atomic mass is 10.1. The lowest BCUT2D eigenvalue weighted by molar-refractivity contribution is 0.210. The van der Waals surface area contributed by atoms with E-state index in [9.17, 15) is 9.59 Å². The Morgan fingerprint density at radius 2 is 2.00 bits per heavy atom. The Morgan fingerprint density at radius 3 is 2.73 bits per heavy atom. The van der Waals surface area contributed by atoms with Crippen molar-refractivity contribution in [3.63, 3.8) is 0 Å². The number of benzene rings is 1. The quantitative estimate of drug-likeness (QED) is 0.709. The standard InChI is InChI=1S/C19H21N5O2/c1-13-6-5-7-14(10-13)11-16-20-12-15-17(21-16)22(2)18(25)24(15)19(26)23-8-3-4-9-23/h5-7,10,12H,3-4,8-9,11H2,1-2H3. The normalized spacial score (nSPS) is 14.3. The first-order valence-corrected chi connectivity index (χ1v) is 8.83. The van der Waals surface area contributed by atoms with Gasteiger partial charge in [-0.25, -0.2) is 24.1 Å². The molecule has 0 atom stereocenters. The highest BCUT2D eigenvalue weighted by Gasteiger charge is 2.25. The third kappa shape index (κ3) is 2.79. The molecule has 2 aromatic heterocycles. The molecule has 4 rings (SSSR count). The second-order valence-corrected chi connectivity index (χ2v) is 6.81. The topological polar surface area (TPSA) is 73.0 Å². The zero-order chi connectivity index (χ0) is 18.3. The highest BCUT2D eigenvalue weighted by atomic mass is 16.2. The number of fused-ring (bicyclic) bond motifs is 1. The SMILES string of the molecule is Cc1cccc(Cc2ncc3c(n2)n(C)c(=O)n3C(=O)N2CCCC2)c1. The number of imidazole rings is 1. The van der Waals surface area contributed by atoms with Gasteiger partial charge in [-0.15, -0.1) is 0 Å². The fourth-order valence-corrected chi connectivity index (χ4v) is 3.47. The molecule has 0 unspecified atom stereocenters. The molecule has 0 radical (unpaired) electrons. The summed E-state index contributed by atoms with van der Waals surface area (Å²) in [6, 6.07) is 7.88. The number of hydrogen-bond acceptors (Lipinski definition) is 4. The van der Waals surface area contributed by atoms with Crippen LogP contribution in [0.1, 0.15) is 29.8 Å². The summed E-state index contributed by atoms with van der Waals surface area (Å²) in [5.74, 6) is 0.629. The molecule has 1 saturated heterocycles. The molecule has 3 heterocycles. The summed E-state index contributed by atoms with van der Waals surface area (Å²) in [4.78, 5) is 36.0. The molecule has 0 saturated carbocycles. The molecule has 1 aliphatic rings. The van der Waals surface area contributed by atoms with Crippen molar-refractivity contribution < 1.29 is 4.79 Å². The fourth-order valence-electron chi connectivity index (χ4n) is 3.47. The van der Waals surface area contributed by atoms with Crippen molar-refractivity contribution in [2.75, 3.05) is 13.1 Å². The summed E-state index contributed by atoms with van der Waals surface area (Å²) >= 11 is 0. The van der Waals surface area contributed by atoms with Gasteiger partial charge in [0.25, 0.3) is 0 Å². The molecular formula is C19H21N5O2. The van der Waals surface area contributed by atoms with Crippen LogP contribution in [-0.4, -0.2) is 43.1 Å². The Kier molecular flexibility index (Phi) is 4.06. The zero-order valence-corrected chi connectivity index (χ0v) is 15.0. The number of carbonyl (C=O) groups excluding carboxylic acids is 1. The predicted octanol–water partition coefficient (Wildman–Crippen LogP) is 2.09. The summed E-state index contributed by atoms with van der Waals surface area (Å²) in [5.41, 5.74) is 2.86. The van der Waals surface area contributed by atoms with Gasteiger partial charge in [0.15, 0.2) is 5.65 Å². The smallest absolute Gasteiger partial charge is 0.324 e. The second-order valence-electron chi connectivity index (χ2n) is 6.81. The maximum Gasteiger partial charge on any atom is 0.338 e. The third-order valence-electron chi connectivity index (χ3n) is 4.85. The van der Waals surface area contributed by atoms with Gasteiger partial charge in [0.2, 0.25) is 0 Å². The van der Waals surface area contributed by atoms with Gasteiger partial charge < -0.3 is 4.90 Å². The van der Waals surface area contributed by atoms with Gasteiger partial charge >= 0.3 is 11.7 Å². The fraction of sp³-hybridized carbons (Fsp3) is 0.368. The average molecular weight is 351 g/mol. The van der Waals surface area contributed by atoms with Crippen LogP contribution in [0.3, 0.4) is 0 Å². The van der Waals surface area contributed by atoms with Crippen LogP contribution < -0.4 is 5.69 Å². The van der Waals surface area contributed by atoms with E-state index in [2.05, 4.69) is 16.0 Å². The molecule has 3 aromatic rings. The molecule has 0 N–H and O–H groups in total. The van der Waals surface area contributed by atoms with E-state index in [0.29, 0.717) is 36.5 Å². The molecule has 7 heteroatoms. The van der Waals surface area contributed by atoms with Gasteiger partial charge in [-0.3, -0.25) is 4.57 Å². The minimum Gasteiger partial charge on any atom is -0.324 e. The first kappa shape index (κ1) is 16.5. The summed E-state index contributed by atoms with van der Waals surface area (Å²) < 4.78 is 2.61. The van der Waals surface area contributed by atoms with E-state index in [0.717, 1.165) is 18.4 Å².